The quantitative estimate of drug-likeness (QED) is 0.614. The monoisotopic (exact) mass is 253 g/mol. The first-order chi connectivity index (χ1) is 9.33. The van der Waals surface area contributed by atoms with E-state index in [1.54, 1.807) is 0 Å². The number of hydrogen-bond acceptors (Lipinski definition) is 1. The van der Waals surface area contributed by atoms with E-state index >= 15 is 0 Å². The van der Waals surface area contributed by atoms with Crippen molar-refractivity contribution in [1.82, 2.24) is 0 Å². The minimum atomic E-state index is 0.734. The van der Waals surface area contributed by atoms with Crippen LogP contribution in [0, 0.1) is 23.2 Å². The van der Waals surface area contributed by atoms with Crippen LogP contribution in [0.2, 0.25) is 0 Å². The highest BCUT2D eigenvalue weighted by Gasteiger charge is 2.33. The summed E-state index contributed by atoms with van der Waals surface area (Å²) in [6.45, 7) is 2.26. The molecule has 1 nitrogen and oxygen atoms in total. The molecule has 0 amide bonds. The highest BCUT2D eigenvalue weighted by molar-refractivity contribution is 5.51. The van der Waals surface area contributed by atoms with Crippen LogP contribution in [0.15, 0.2) is 30.3 Å². The highest BCUT2D eigenvalue weighted by Crippen LogP contribution is 2.43. The first-order valence-electron chi connectivity index (χ1n) is 7.52. The minimum Gasteiger partial charge on any atom is -0.192 e. The van der Waals surface area contributed by atoms with Crippen LogP contribution in [0.4, 0.5) is 0 Å². The molecule has 0 aromatic heterocycles. The van der Waals surface area contributed by atoms with E-state index in [2.05, 4.69) is 25.1 Å². The lowest BCUT2D eigenvalue weighted by Crippen LogP contribution is -1.82. The summed E-state index contributed by atoms with van der Waals surface area (Å²) in [5, 5.41) is 8.74. The largest absolute Gasteiger partial charge is 0.192 e. The summed E-state index contributed by atoms with van der Waals surface area (Å²) in [4.78, 5) is 0. The molecule has 0 heterocycles. The first-order valence-corrected chi connectivity index (χ1v) is 7.52. The molecule has 0 radical (unpaired) electrons. The van der Waals surface area contributed by atoms with Crippen LogP contribution in [0.25, 0.3) is 6.08 Å². The Hall–Kier alpha value is -1.55. The molecule has 100 valence electrons. The molecule has 1 heteroatoms. The molecule has 1 saturated carbocycles. The van der Waals surface area contributed by atoms with Gasteiger partial charge in [0.05, 0.1) is 11.6 Å². The van der Waals surface area contributed by atoms with Gasteiger partial charge in [0.15, 0.2) is 0 Å². The highest BCUT2D eigenvalue weighted by atomic mass is 14.4. The number of nitriles is 1. The second kappa shape index (κ2) is 7.14. The SMILES string of the molecule is CCCCCCC1CC1/C=C/c1ccc(C#N)cc1. The Morgan fingerprint density at radius 1 is 1.21 bits per heavy atom. The van der Waals surface area contributed by atoms with Crippen molar-refractivity contribution in [2.45, 2.75) is 45.4 Å². The van der Waals surface area contributed by atoms with Gasteiger partial charge in [0, 0.05) is 0 Å². The van der Waals surface area contributed by atoms with Gasteiger partial charge < -0.3 is 0 Å². The van der Waals surface area contributed by atoms with Crippen LogP contribution in [0.5, 0.6) is 0 Å². The molecule has 0 saturated heterocycles. The maximum absolute atomic E-state index is 8.74. The van der Waals surface area contributed by atoms with Gasteiger partial charge in [-0.25, -0.2) is 0 Å². The number of unbranched alkanes of at least 4 members (excludes halogenated alkanes) is 3. The average molecular weight is 253 g/mol. The molecule has 2 unspecified atom stereocenters. The summed E-state index contributed by atoms with van der Waals surface area (Å²) >= 11 is 0. The maximum atomic E-state index is 8.74. The van der Waals surface area contributed by atoms with Crippen molar-refractivity contribution in [3.63, 3.8) is 0 Å². The van der Waals surface area contributed by atoms with Crippen molar-refractivity contribution in [3.05, 3.63) is 41.5 Å². The van der Waals surface area contributed by atoms with Crippen molar-refractivity contribution in [1.29, 1.82) is 5.26 Å². The Labute approximate surface area is 117 Å². The summed E-state index contributed by atoms with van der Waals surface area (Å²) < 4.78 is 0. The summed E-state index contributed by atoms with van der Waals surface area (Å²) in [5.41, 5.74) is 1.94. The fraction of sp³-hybridized carbons (Fsp3) is 0.500. The summed E-state index contributed by atoms with van der Waals surface area (Å²) in [7, 11) is 0. The third-order valence-electron chi connectivity index (χ3n) is 3.98. The van der Waals surface area contributed by atoms with E-state index < -0.39 is 0 Å². The van der Waals surface area contributed by atoms with Gasteiger partial charge in [0.2, 0.25) is 0 Å². The van der Waals surface area contributed by atoms with Gasteiger partial charge in [-0.1, -0.05) is 56.9 Å². The Morgan fingerprint density at radius 3 is 2.68 bits per heavy atom. The second-order valence-corrected chi connectivity index (χ2v) is 5.60. The normalized spacial score (nSPS) is 21.5. The van der Waals surface area contributed by atoms with E-state index in [-0.39, 0.29) is 0 Å². The number of benzene rings is 1. The lowest BCUT2D eigenvalue weighted by atomic mass is 10.1. The zero-order chi connectivity index (χ0) is 13.5. The van der Waals surface area contributed by atoms with Crippen LogP contribution in [-0.4, -0.2) is 0 Å². The van der Waals surface area contributed by atoms with Crippen molar-refractivity contribution in [2.75, 3.05) is 0 Å². The van der Waals surface area contributed by atoms with Crippen LogP contribution in [-0.2, 0) is 0 Å². The molecule has 1 aliphatic carbocycles. The van der Waals surface area contributed by atoms with E-state index in [1.165, 1.54) is 44.1 Å². The Morgan fingerprint density at radius 2 is 2.00 bits per heavy atom. The van der Waals surface area contributed by atoms with Crippen LogP contribution < -0.4 is 0 Å². The van der Waals surface area contributed by atoms with Gasteiger partial charge in [-0.05, 0) is 42.4 Å². The average Bonchev–Trinajstić information content (AvgIpc) is 3.20. The van der Waals surface area contributed by atoms with E-state index in [0.717, 1.165) is 17.4 Å². The molecule has 19 heavy (non-hydrogen) atoms. The minimum absolute atomic E-state index is 0.734. The lowest BCUT2D eigenvalue weighted by molar-refractivity contribution is 0.585. The molecule has 2 atom stereocenters. The van der Waals surface area contributed by atoms with Crippen LogP contribution >= 0.6 is 0 Å². The van der Waals surface area contributed by atoms with Gasteiger partial charge in [-0.2, -0.15) is 5.26 Å². The third-order valence-corrected chi connectivity index (χ3v) is 3.98. The second-order valence-electron chi connectivity index (χ2n) is 5.60. The fourth-order valence-corrected chi connectivity index (χ4v) is 2.58. The molecule has 0 aliphatic heterocycles. The molecule has 1 fully saturated rings. The number of allylic oxidation sites excluding steroid dienone is 1. The zero-order valence-corrected chi connectivity index (χ0v) is 11.8. The molecule has 1 aromatic carbocycles. The Kier molecular flexibility index (Phi) is 5.21. The molecule has 0 spiro atoms. The van der Waals surface area contributed by atoms with E-state index in [1.807, 2.05) is 24.3 Å². The third kappa shape index (κ3) is 4.56. The van der Waals surface area contributed by atoms with Gasteiger partial charge in [0.25, 0.3) is 0 Å². The molecule has 0 bridgehead atoms. The molecule has 2 rings (SSSR count). The molecule has 1 aliphatic rings. The molecule has 0 N–H and O–H groups in total. The summed E-state index contributed by atoms with van der Waals surface area (Å²) in [6.07, 6.45) is 12.9. The van der Waals surface area contributed by atoms with Crippen LogP contribution in [0.3, 0.4) is 0 Å². The predicted octanol–water partition coefficient (Wildman–Crippen LogP) is 5.18. The van der Waals surface area contributed by atoms with Crippen molar-refractivity contribution < 1.29 is 0 Å². The van der Waals surface area contributed by atoms with E-state index in [4.69, 9.17) is 5.26 Å². The summed E-state index contributed by atoms with van der Waals surface area (Å²) in [5.74, 6) is 1.74. The van der Waals surface area contributed by atoms with Crippen molar-refractivity contribution >= 4 is 6.08 Å². The Bertz CT molecular complexity index is 450. The van der Waals surface area contributed by atoms with Gasteiger partial charge in [-0.15, -0.1) is 0 Å². The number of hydrogen-bond donors (Lipinski definition) is 0. The maximum Gasteiger partial charge on any atom is 0.0991 e. The smallest absolute Gasteiger partial charge is 0.0991 e. The Balaban J connectivity index is 1.71. The summed E-state index contributed by atoms with van der Waals surface area (Å²) in [6, 6.07) is 9.96. The van der Waals surface area contributed by atoms with E-state index in [9.17, 15) is 0 Å². The topological polar surface area (TPSA) is 23.8 Å². The van der Waals surface area contributed by atoms with E-state index in [0.29, 0.717) is 0 Å². The van der Waals surface area contributed by atoms with Crippen molar-refractivity contribution in [2.24, 2.45) is 11.8 Å². The molecular formula is C18H23N. The predicted molar refractivity (Wildman–Crippen MR) is 80.5 cm³/mol. The number of nitrogens with zero attached hydrogens (tertiary/aromatic N) is 1. The first kappa shape index (κ1) is 13.9. The van der Waals surface area contributed by atoms with Gasteiger partial charge in [-0.3, -0.25) is 0 Å². The standard InChI is InChI=1S/C18H23N/c1-2-3-4-5-6-17-13-18(17)12-11-15-7-9-16(14-19)10-8-15/h7-12,17-18H,2-6,13H2,1H3/b12-11+. The molecular weight excluding hydrogens is 230 g/mol. The lowest BCUT2D eigenvalue weighted by Gasteiger charge is -1.97. The van der Waals surface area contributed by atoms with Gasteiger partial charge in [0.1, 0.15) is 0 Å². The molecule has 1 aromatic rings. The van der Waals surface area contributed by atoms with Crippen LogP contribution in [0.1, 0.15) is 56.6 Å². The number of rotatable bonds is 7. The fourth-order valence-electron chi connectivity index (χ4n) is 2.58. The van der Waals surface area contributed by atoms with Gasteiger partial charge >= 0.3 is 0 Å². The van der Waals surface area contributed by atoms with Crippen molar-refractivity contribution in [3.8, 4) is 6.07 Å². The zero-order valence-electron chi connectivity index (χ0n) is 11.8.